The Hall–Kier alpha value is -0.860. The molecule has 2 atom stereocenters. The molecule has 0 aliphatic carbocycles. The van der Waals surface area contributed by atoms with Crippen molar-refractivity contribution in [3.8, 4) is 0 Å². The summed E-state index contributed by atoms with van der Waals surface area (Å²) in [7, 11) is 0. The summed E-state index contributed by atoms with van der Waals surface area (Å²) in [5.74, 6) is 0.599. The molecular formula is C16H25NO. The van der Waals surface area contributed by atoms with Crippen molar-refractivity contribution in [3.05, 3.63) is 35.4 Å². The van der Waals surface area contributed by atoms with Gasteiger partial charge in [-0.3, -0.25) is 0 Å². The minimum atomic E-state index is 0.549. The SMILES string of the molecule is Cc1ccccc1CC1COCCC1NC(C)C. The first-order chi connectivity index (χ1) is 8.66. The molecule has 18 heavy (non-hydrogen) atoms. The Kier molecular flexibility index (Phi) is 4.79. The molecular weight excluding hydrogens is 222 g/mol. The first-order valence-electron chi connectivity index (χ1n) is 7.05. The number of aryl methyl sites for hydroxylation is 1. The van der Waals surface area contributed by atoms with E-state index in [0.717, 1.165) is 26.1 Å². The van der Waals surface area contributed by atoms with Gasteiger partial charge in [-0.1, -0.05) is 38.1 Å². The molecule has 2 unspecified atom stereocenters. The van der Waals surface area contributed by atoms with Crippen LogP contribution in [0.1, 0.15) is 31.4 Å². The topological polar surface area (TPSA) is 21.3 Å². The van der Waals surface area contributed by atoms with Crippen LogP contribution in [0.15, 0.2) is 24.3 Å². The molecule has 2 heteroatoms. The van der Waals surface area contributed by atoms with Crippen LogP contribution in [-0.4, -0.2) is 25.3 Å². The second-order valence-electron chi connectivity index (χ2n) is 5.68. The van der Waals surface area contributed by atoms with Gasteiger partial charge in [0.15, 0.2) is 0 Å². The van der Waals surface area contributed by atoms with Gasteiger partial charge in [-0.2, -0.15) is 0 Å². The van der Waals surface area contributed by atoms with Gasteiger partial charge in [0.25, 0.3) is 0 Å². The summed E-state index contributed by atoms with van der Waals surface area (Å²) >= 11 is 0. The Morgan fingerprint density at radius 2 is 2.11 bits per heavy atom. The fourth-order valence-electron chi connectivity index (χ4n) is 2.77. The summed E-state index contributed by atoms with van der Waals surface area (Å²) in [4.78, 5) is 0. The van der Waals surface area contributed by atoms with Gasteiger partial charge in [0, 0.05) is 24.6 Å². The van der Waals surface area contributed by atoms with Crippen LogP contribution >= 0.6 is 0 Å². The normalized spacial score (nSPS) is 24.4. The number of ether oxygens (including phenoxy) is 1. The first-order valence-corrected chi connectivity index (χ1v) is 7.05. The van der Waals surface area contributed by atoms with E-state index in [2.05, 4.69) is 50.4 Å². The molecule has 1 aliphatic heterocycles. The van der Waals surface area contributed by atoms with Crippen LogP contribution in [0.3, 0.4) is 0 Å². The number of nitrogens with one attached hydrogen (secondary N) is 1. The lowest BCUT2D eigenvalue weighted by atomic mass is 9.87. The Morgan fingerprint density at radius 1 is 1.33 bits per heavy atom. The minimum absolute atomic E-state index is 0.549. The van der Waals surface area contributed by atoms with Gasteiger partial charge in [-0.15, -0.1) is 0 Å². The van der Waals surface area contributed by atoms with Gasteiger partial charge in [-0.25, -0.2) is 0 Å². The monoisotopic (exact) mass is 247 g/mol. The zero-order valence-corrected chi connectivity index (χ0v) is 11.8. The molecule has 100 valence electrons. The molecule has 2 rings (SSSR count). The lowest BCUT2D eigenvalue weighted by Crippen LogP contribution is -2.46. The van der Waals surface area contributed by atoms with E-state index < -0.39 is 0 Å². The van der Waals surface area contributed by atoms with Gasteiger partial charge >= 0.3 is 0 Å². The van der Waals surface area contributed by atoms with Gasteiger partial charge in [0.2, 0.25) is 0 Å². The molecule has 1 aromatic carbocycles. The summed E-state index contributed by atoms with van der Waals surface area (Å²) in [6, 6.07) is 9.84. The first kappa shape index (κ1) is 13.6. The Balaban J connectivity index is 2.03. The number of hydrogen-bond donors (Lipinski definition) is 1. The quantitative estimate of drug-likeness (QED) is 0.883. The molecule has 0 spiro atoms. The molecule has 0 amide bonds. The minimum Gasteiger partial charge on any atom is -0.381 e. The third-order valence-electron chi connectivity index (χ3n) is 3.76. The van der Waals surface area contributed by atoms with Gasteiger partial charge in [-0.05, 0) is 30.9 Å². The zero-order chi connectivity index (χ0) is 13.0. The Morgan fingerprint density at radius 3 is 2.83 bits per heavy atom. The predicted octanol–water partition coefficient (Wildman–Crippen LogP) is 2.94. The van der Waals surface area contributed by atoms with Crippen LogP contribution in [0, 0.1) is 12.8 Å². The summed E-state index contributed by atoms with van der Waals surface area (Å²) in [5, 5.41) is 3.69. The van der Waals surface area contributed by atoms with Crippen molar-refractivity contribution < 1.29 is 4.74 Å². The molecule has 0 aromatic heterocycles. The molecule has 0 saturated carbocycles. The molecule has 1 heterocycles. The zero-order valence-electron chi connectivity index (χ0n) is 11.8. The average Bonchev–Trinajstić information content (AvgIpc) is 2.34. The van der Waals surface area contributed by atoms with Crippen LogP contribution in [0.25, 0.3) is 0 Å². The fraction of sp³-hybridized carbons (Fsp3) is 0.625. The Labute approximate surface area is 111 Å². The van der Waals surface area contributed by atoms with E-state index in [4.69, 9.17) is 4.74 Å². The molecule has 1 saturated heterocycles. The van der Waals surface area contributed by atoms with E-state index in [9.17, 15) is 0 Å². The smallest absolute Gasteiger partial charge is 0.0512 e. The van der Waals surface area contributed by atoms with Crippen molar-refractivity contribution in [1.29, 1.82) is 0 Å². The highest BCUT2D eigenvalue weighted by molar-refractivity contribution is 5.26. The molecule has 0 radical (unpaired) electrons. The van der Waals surface area contributed by atoms with Crippen LogP contribution in [0.4, 0.5) is 0 Å². The lowest BCUT2D eigenvalue weighted by molar-refractivity contribution is 0.0300. The maximum Gasteiger partial charge on any atom is 0.0512 e. The summed E-state index contributed by atoms with van der Waals surface area (Å²) in [6.45, 7) is 8.43. The molecule has 1 N–H and O–H groups in total. The van der Waals surface area contributed by atoms with Crippen molar-refractivity contribution in [2.75, 3.05) is 13.2 Å². The van der Waals surface area contributed by atoms with Gasteiger partial charge < -0.3 is 10.1 Å². The fourth-order valence-corrected chi connectivity index (χ4v) is 2.77. The van der Waals surface area contributed by atoms with Crippen LogP contribution in [0.5, 0.6) is 0 Å². The van der Waals surface area contributed by atoms with Crippen molar-refractivity contribution in [2.45, 2.75) is 45.7 Å². The van der Waals surface area contributed by atoms with Crippen molar-refractivity contribution in [2.24, 2.45) is 5.92 Å². The molecule has 1 aliphatic rings. The molecule has 1 fully saturated rings. The highest BCUT2D eigenvalue weighted by Crippen LogP contribution is 2.21. The van der Waals surface area contributed by atoms with E-state index in [1.54, 1.807) is 0 Å². The third-order valence-corrected chi connectivity index (χ3v) is 3.76. The number of rotatable bonds is 4. The average molecular weight is 247 g/mol. The second kappa shape index (κ2) is 6.35. The lowest BCUT2D eigenvalue weighted by Gasteiger charge is -2.34. The molecule has 1 aromatic rings. The van der Waals surface area contributed by atoms with E-state index in [1.807, 2.05) is 0 Å². The Bertz CT molecular complexity index is 375. The van der Waals surface area contributed by atoms with Crippen LogP contribution in [0.2, 0.25) is 0 Å². The van der Waals surface area contributed by atoms with E-state index in [0.29, 0.717) is 18.0 Å². The highest BCUT2D eigenvalue weighted by atomic mass is 16.5. The maximum atomic E-state index is 5.67. The van der Waals surface area contributed by atoms with Crippen molar-refractivity contribution >= 4 is 0 Å². The van der Waals surface area contributed by atoms with Gasteiger partial charge in [0.05, 0.1) is 6.61 Å². The summed E-state index contributed by atoms with van der Waals surface area (Å²) in [5.41, 5.74) is 2.86. The van der Waals surface area contributed by atoms with E-state index in [-0.39, 0.29) is 0 Å². The van der Waals surface area contributed by atoms with Crippen LogP contribution < -0.4 is 5.32 Å². The third kappa shape index (κ3) is 3.56. The second-order valence-corrected chi connectivity index (χ2v) is 5.68. The maximum absolute atomic E-state index is 5.67. The molecule has 0 bridgehead atoms. The largest absolute Gasteiger partial charge is 0.381 e. The van der Waals surface area contributed by atoms with Crippen molar-refractivity contribution in [1.82, 2.24) is 5.32 Å². The summed E-state index contributed by atoms with van der Waals surface area (Å²) in [6.07, 6.45) is 2.26. The van der Waals surface area contributed by atoms with Gasteiger partial charge in [0.1, 0.15) is 0 Å². The summed E-state index contributed by atoms with van der Waals surface area (Å²) < 4.78 is 5.67. The number of hydrogen-bond acceptors (Lipinski definition) is 2. The number of benzene rings is 1. The van der Waals surface area contributed by atoms with E-state index >= 15 is 0 Å². The standard InChI is InChI=1S/C16H25NO/c1-12(2)17-16-8-9-18-11-15(16)10-14-7-5-4-6-13(14)3/h4-7,12,15-17H,8-11H2,1-3H3. The van der Waals surface area contributed by atoms with Crippen molar-refractivity contribution in [3.63, 3.8) is 0 Å². The highest BCUT2D eigenvalue weighted by Gasteiger charge is 2.26. The van der Waals surface area contributed by atoms with Crippen LogP contribution in [-0.2, 0) is 11.2 Å². The predicted molar refractivity (Wildman–Crippen MR) is 75.9 cm³/mol. The molecule has 2 nitrogen and oxygen atoms in total. The van der Waals surface area contributed by atoms with E-state index in [1.165, 1.54) is 11.1 Å².